The van der Waals surface area contributed by atoms with Crippen LogP contribution in [0.15, 0.2) is 47.5 Å². The molecule has 0 saturated carbocycles. The van der Waals surface area contributed by atoms with Gasteiger partial charge in [-0.25, -0.2) is 8.78 Å². The third-order valence-electron chi connectivity index (χ3n) is 3.40. The molecular weight excluding hydrogens is 341 g/mol. The van der Waals surface area contributed by atoms with Gasteiger partial charge in [-0.1, -0.05) is 18.2 Å². The van der Waals surface area contributed by atoms with Gasteiger partial charge in [0.15, 0.2) is 5.96 Å². The highest BCUT2D eigenvalue weighted by Gasteiger charge is 2.33. The molecule has 0 aliphatic rings. The SMILES string of the molecule is CN=C(NCc1cccc(F)c1)NCc1ccc(F)cc1C(F)(F)F. The molecule has 0 aliphatic heterocycles. The molecule has 0 radical (unpaired) electrons. The summed E-state index contributed by atoms with van der Waals surface area (Å²) in [5.41, 5.74) is -0.496. The fourth-order valence-corrected chi connectivity index (χ4v) is 2.20. The lowest BCUT2D eigenvalue weighted by molar-refractivity contribution is -0.138. The van der Waals surface area contributed by atoms with Gasteiger partial charge < -0.3 is 10.6 Å². The van der Waals surface area contributed by atoms with E-state index in [1.54, 1.807) is 12.1 Å². The number of benzene rings is 2. The van der Waals surface area contributed by atoms with Gasteiger partial charge in [-0.15, -0.1) is 0 Å². The summed E-state index contributed by atoms with van der Waals surface area (Å²) < 4.78 is 65.1. The average Bonchev–Trinajstić information content (AvgIpc) is 2.55. The van der Waals surface area contributed by atoms with Crippen molar-refractivity contribution >= 4 is 5.96 Å². The van der Waals surface area contributed by atoms with Crippen molar-refractivity contribution in [2.75, 3.05) is 7.05 Å². The molecule has 25 heavy (non-hydrogen) atoms. The first-order valence-electron chi connectivity index (χ1n) is 7.34. The third-order valence-corrected chi connectivity index (χ3v) is 3.40. The Morgan fingerprint density at radius 2 is 1.64 bits per heavy atom. The van der Waals surface area contributed by atoms with Crippen LogP contribution in [0.5, 0.6) is 0 Å². The van der Waals surface area contributed by atoms with Crippen molar-refractivity contribution in [3.8, 4) is 0 Å². The first-order chi connectivity index (χ1) is 11.8. The fraction of sp³-hybridized carbons (Fsp3) is 0.235. The standard InChI is InChI=1S/C17H16F5N3/c1-23-16(24-9-11-3-2-4-13(18)7-11)25-10-12-5-6-14(19)8-15(12)17(20,21)22/h2-8H,9-10H2,1H3,(H2,23,24,25). The minimum absolute atomic E-state index is 0.109. The van der Waals surface area contributed by atoms with Gasteiger partial charge in [0.25, 0.3) is 0 Å². The minimum atomic E-state index is -4.66. The summed E-state index contributed by atoms with van der Waals surface area (Å²) >= 11 is 0. The molecule has 2 aromatic carbocycles. The Balaban J connectivity index is 2.02. The Bertz CT molecular complexity index is 756. The fourth-order valence-electron chi connectivity index (χ4n) is 2.20. The van der Waals surface area contributed by atoms with Gasteiger partial charge in [0.05, 0.1) is 5.56 Å². The molecule has 0 bridgehead atoms. The van der Waals surface area contributed by atoms with Gasteiger partial charge >= 0.3 is 6.18 Å². The van der Waals surface area contributed by atoms with Crippen LogP contribution in [-0.2, 0) is 19.3 Å². The van der Waals surface area contributed by atoms with Crippen LogP contribution in [0, 0.1) is 11.6 Å². The predicted octanol–water partition coefficient (Wildman–Crippen LogP) is 3.85. The molecule has 134 valence electrons. The topological polar surface area (TPSA) is 36.4 Å². The number of alkyl halides is 3. The van der Waals surface area contributed by atoms with Gasteiger partial charge in [0.2, 0.25) is 0 Å². The quantitative estimate of drug-likeness (QED) is 0.495. The molecule has 0 spiro atoms. The van der Waals surface area contributed by atoms with E-state index in [-0.39, 0.29) is 30.4 Å². The summed E-state index contributed by atoms with van der Waals surface area (Å²) in [7, 11) is 1.45. The van der Waals surface area contributed by atoms with Crippen molar-refractivity contribution in [1.29, 1.82) is 0 Å². The normalized spacial score (nSPS) is 12.2. The summed E-state index contributed by atoms with van der Waals surface area (Å²) in [5, 5.41) is 5.59. The van der Waals surface area contributed by atoms with E-state index in [0.717, 1.165) is 12.1 Å². The Hall–Kier alpha value is -2.64. The summed E-state index contributed by atoms with van der Waals surface area (Å²) in [6.45, 7) is 0.0466. The van der Waals surface area contributed by atoms with Crippen LogP contribution in [0.1, 0.15) is 16.7 Å². The lowest BCUT2D eigenvalue weighted by atomic mass is 10.1. The van der Waals surface area contributed by atoms with Crippen molar-refractivity contribution in [2.45, 2.75) is 19.3 Å². The van der Waals surface area contributed by atoms with Crippen LogP contribution in [0.2, 0.25) is 0 Å². The van der Waals surface area contributed by atoms with Crippen LogP contribution >= 0.6 is 0 Å². The number of hydrogen-bond acceptors (Lipinski definition) is 1. The molecule has 2 N–H and O–H groups in total. The second-order valence-corrected chi connectivity index (χ2v) is 5.21. The monoisotopic (exact) mass is 357 g/mol. The van der Waals surface area contributed by atoms with Crippen molar-refractivity contribution in [3.05, 3.63) is 70.8 Å². The Morgan fingerprint density at radius 1 is 0.960 bits per heavy atom. The van der Waals surface area contributed by atoms with Gasteiger partial charge in [0.1, 0.15) is 11.6 Å². The van der Waals surface area contributed by atoms with E-state index in [9.17, 15) is 22.0 Å². The smallest absolute Gasteiger partial charge is 0.352 e. The number of nitrogens with one attached hydrogen (secondary N) is 2. The van der Waals surface area contributed by atoms with E-state index >= 15 is 0 Å². The molecule has 0 aromatic heterocycles. The van der Waals surface area contributed by atoms with E-state index in [1.165, 1.54) is 19.2 Å². The number of hydrogen-bond donors (Lipinski definition) is 2. The van der Waals surface area contributed by atoms with Gasteiger partial charge in [0, 0.05) is 20.1 Å². The van der Waals surface area contributed by atoms with Crippen molar-refractivity contribution in [1.82, 2.24) is 10.6 Å². The molecule has 2 rings (SSSR count). The first-order valence-corrected chi connectivity index (χ1v) is 7.34. The molecule has 0 saturated heterocycles. The van der Waals surface area contributed by atoms with E-state index in [1.807, 2.05) is 0 Å². The molecule has 0 atom stereocenters. The highest BCUT2D eigenvalue weighted by atomic mass is 19.4. The Labute approximate surface area is 141 Å². The Morgan fingerprint density at radius 3 is 2.28 bits per heavy atom. The molecule has 0 fully saturated rings. The number of halogens is 5. The van der Waals surface area contributed by atoms with E-state index < -0.39 is 17.6 Å². The molecular formula is C17H16F5N3. The molecule has 3 nitrogen and oxygen atoms in total. The molecule has 0 heterocycles. The Kier molecular flexibility index (Phi) is 5.95. The molecule has 2 aromatic rings. The summed E-state index contributed by atoms with van der Waals surface area (Å²) in [6.07, 6.45) is -4.66. The summed E-state index contributed by atoms with van der Waals surface area (Å²) in [5.74, 6) is -1.10. The lowest BCUT2D eigenvalue weighted by Crippen LogP contribution is -2.36. The largest absolute Gasteiger partial charge is 0.416 e. The number of nitrogens with zero attached hydrogens (tertiary/aromatic N) is 1. The molecule has 8 heteroatoms. The zero-order valence-electron chi connectivity index (χ0n) is 13.3. The van der Waals surface area contributed by atoms with Gasteiger partial charge in [-0.2, -0.15) is 13.2 Å². The van der Waals surface area contributed by atoms with Crippen molar-refractivity contribution in [2.24, 2.45) is 4.99 Å². The molecule has 0 unspecified atom stereocenters. The second kappa shape index (κ2) is 7.96. The van der Waals surface area contributed by atoms with Crippen molar-refractivity contribution in [3.63, 3.8) is 0 Å². The van der Waals surface area contributed by atoms with E-state index in [2.05, 4.69) is 15.6 Å². The van der Waals surface area contributed by atoms with Crippen LogP contribution in [0.4, 0.5) is 22.0 Å². The predicted molar refractivity (Wildman–Crippen MR) is 84.8 cm³/mol. The zero-order chi connectivity index (χ0) is 18.4. The third kappa shape index (κ3) is 5.44. The number of guanidine groups is 1. The number of aliphatic imine (C=N–C) groups is 1. The van der Waals surface area contributed by atoms with Crippen molar-refractivity contribution < 1.29 is 22.0 Å². The molecule has 0 amide bonds. The first kappa shape index (κ1) is 18.7. The van der Waals surface area contributed by atoms with E-state index in [4.69, 9.17) is 0 Å². The van der Waals surface area contributed by atoms with E-state index in [0.29, 0.717) is 11.6 Å². The lowest BCUT2D eigenvalue weighted by Gasteiger charge is -2.16. The summed E-state index contributed by atoms with van der Waals surface area (Å²) in [6, 6.07) is 8.40. The second-order valence-electron chi connectivity index (χ2n) is 5.21. The van der Waals surface area contributed by atoms with Crippen LogP contribution < -0.4 is 10.6 Å². The maximum atomic E-state index is 13.1. The maximum absolute atomic E-state index is 13.1. The average molecular weight is 357 g/mol. The highest BCUT2D eigenvalue weighted by Crippen LogP contribution is 2.32. The van der Waals surface area contributed by atoms with Crippen LogP contribution in [0.25, 0.3) is 0 Å². The van der Waals surface area contributed by atoms with Crippen LogP contribution in [0.3, 0.4) is 0 Å². The molecule has 0 aliphatic carbocycles. The van der Waals surface area contributed by atoms with Crippen LogP contribution in [-0.4, -0.2) is 13.0 Å². The van der Waals surface area contributed by atoms with Gasteiger partial charge in [-0.05, 0) is 35.4 Å². The number of rotatable bonds is 4. The summed E-state index contributed by atoms with van der Waals surface area (Å²) in [4.78, 5) is 3.90. The maximum Gasteiger partial charge on any atom is 0.416 e. The zero-order valence-corrected chi connectivity index (χ0v) is 13.3. The minimum Gasteiger partial charge on any atom is -0.352 e. The van der Waals surface area contributed by atoms with Gasteiger partial charge in [-0.3, -0.25) is 4.99 Å². The highest BCUT2D eigenvalue weighted by molar-refractivity contribution is 5.79.